The Labute approximate surface area is 111 Å². The predicted molar refractivity (Wildman–Crippen MR) is 71.2 cm³/mol. The van der Waals surface area contributed by atoms with Crippen molar-refractivity contribution in [1.29, 1.82) is 0 Å². The summed E-state index contributed by atoms with van der Waals surface area (Å²) >= 11 is 0. The van der Waals surface area contributed by atoms with E-state index in [0.29, 0.717) is 12.4 Å². The number of hydrogen-bond acceptors (Lipinski definition) is 6. The Morgan fingerprint density at radius 3 is 2.84 bits per heavy atom. The number of H-pyrrole nitrogens is 1. The van der Waals surface area contributed by atoms with E-state index in [1.54, 1.807) is 26.6 Å². The lowest BCUT2D eigenvalue weighted by atomic mass is 10.2. The third-order valence-electron chi connectivity index (χ3n) is 2.89. The number of aliphatic imine (C=N–C) groups is 1. The van der Waals surface area contributed by atoms with Crippen molar-refractivity contribution in [3.63, 3.8) is 0 Å². The molecule has 0 amide bonds. The number of hydrazine groups is 1. The molecule has 1 atom stereocenters. The van der Waals surface area contributed by atoms with Gasteiger partial charge in [0.15, 0.2) is 6.29 Å². The number of pyridine rings is 1. The zero-order valence-electron chi connectivity index (χ0n) is 11.2. The second-order valence-corrected chi connectivity index (χ2v) is 4.33. The molecule has 1 aromatic rings. The summed E-state index contributed by atoms with van der Waals surface area (Å²) in [4.78, 5) is 18.1. The predicted octanol–water partition coefficient (Wildman–Crippen LogP) is 0.362. The Bertz CT molecular complexity index is 510. The topological polar surface area (TPSA) is 79.0 Å². The van der Waals surface area contributed by atoms with E-state index in [1.807, 2.05) is 11.9 Å². The fraction of sp³-hybridized carbons (Fsp3) is 0.500. The molecule has 0 saturated carbocycles. The SMILES string of the molecule is COC(OC)C(C)NN1C=Nc2[nH]c(=O)ccc2C1. The number of hydrogen-bond donors (Lipinski definition) is 2. The standard InChI is InChI=1S/C12H18N4O3/c1-8(12(18-2)19-3)15-16-6-9-4-5-10(17)14-11(9)13-7-16/h4-5,7-8,12,15H,6H2,1-3H3,(H,14,17). The summed E-state index contributed by atoms with van der Waals surface area (Å²) < 4.78 is 10.4. The molecule has 2 heterocycles. The summed E-state index contributed by atoms with van der Waals surface area (Å²) in [5.74, 6) is 0.605. The van der Waals surface area contributed by atoms with Gasteiger partial charge < -0.3 is 14.5 Å². The van der Waals surface area contributed by atoms with Crippen LogP contribution >= 0.6 is 0 Å². The molecule has 0 fully saturated rings. The summed E-state index contributed by atoms with van der Waals surface area (Å²) in [6.07, 6.45) is 1.29. The van der Waals surface area contributed by atoms with Crippen LogP contribution < -0.4 is 11.0 Å². The van der Waals surface area contributed by atoms with Gasteiger partial charge in [0.05, 0.1) is 12.6 Å². The Morgan fingerprint density at radius 2 is 2.16 bits per heavy atom. The lowest BCUT2D eigenvalue weighted by Crippen LogP contribution is -2.49. The normalized spacial score (nSPS) is 15.7. The van der Waals surface area contributed by atoms with E-state index in [0.717, 1.165) is 5.56 Å². The molecule has 7 nitrogen and oxygen atoms in total. The summed E-state index contributed by atoms with van der Waals surface area (Å²) in [6.45, 7) is 2.56. The van der Waals surface area contributed by atoms with E-state index in [2.05, 4.69) is 15.4 Å². The molecule has 1 aliphatic heterocycles. The monoisotopic (exact) mass is 266 g/mol. The first-order chi connectivity index (χ1) is 9.13. The van der Waals surface area contributed by atoms with Crippen molar-refractivity contribution >= 4 is 12.2 Å². The maximum atomic E-state index is 11.2. The van der Waals surface area contributed by atoms with Crippen LogP contribution in [-0.4, -0.2) is 42.9 Å². The highest BCUT2D eigenvalue weighted by atomic mass is 16.7. The fourth-order valence-electron chi connectivity index (χ4n) is 1.99. The number of nitrogens with one attached hydrogen (secondary N) is 2. The lowest BCUT2D eigenvalue weighted by Gasteiger charge is -2.30. The van der Waals surface area contributed by atoms with Crippen molar-refractivity contribution in [3.05, 3.63) is 28.0 Å². The van der Waals surface area contributed by atoms with Crippen LogP contribution in [0.3, 0.4) is 0 Å². The van der Waals surface area contributed by atoms with Gasteiger partial charge in [-0.15, -0.1) is 0 Å². The minimum absolute atomic E-state index is 0.0363. The maximum absolute atomic E-state index is 11.2. The molecule has 0 radical (unpaired) electrons. The molecule has 2 N–H and O–H groups in total. The van der Waals surface area contributed by atoms with Gasteiger partial charge in [0, 0.05) is 25.8 Å². The molecule has 0 spiro atoms. The largest absolute Gasteiger partial charge is 0.354 e. The van der Waals surface area contributed by atoms with Gasteiger partial charge >= 0.3 is 0 Å². The van der Waals surface area contributed by atoms with Crippen LogP contribution in [0.25, 0.3) is 0 Å². The summed E-state index contributed by atoms with van der Waals surface area (Å²) in [6, 6.07) is 3.23. The highest BCUT2D eigenvalue weighted by Gasteiger charge is 2.20. The summed E-state index contributed by atoms with van der Waals surface area (Å²) in [5, 5.41) is 1.83. The molecular weight excluding hydrogens is 248 g/mol. The van der Waals surface area contributed by atoms with E-state index in [9.17, 15) is 4.79 Å². The first kappa shape index (κ1) is 13.7. The van der Waals surface area contributed by atoms with E-state index in [-0.39, 0.29) is 17.9 Å². The zero-order valence-corrected chi connectivity index (χ0v) is 11.2. The minimum atomic E-state index is -0.342. The molecule has 1 aromatic heterocycles. The maximum Gasteiger partial charge on any atom is 0.249 e. The molecule has 2 rings (SSSR count). The molecule has 0 aliphatic carbocycles. The first-order valence-electron chi connectivity index (χ1n) is 5.99. The van der Waals surface area contributed by atoms with Gasteiger partial charge in [-0.25, -0.2) is 10.4 Å². The Hall–Kier alpha value is -1.70. The highest BCUT2D eigenvalue weighted by molar-refractivity contribution is 5.63. The molecule has 0 saturated heterocycles. The van der Waals surface area contributed by atoms with Crippen molar-refractivity contribution in [3.8, 4) is 0 Å². The summed E-state index contributed by atoms with van der Waals surface area (Å²) in [7, 11) is 3.19. The van der Waals surface area contributed by atoms with Crippen LogP contribution in [0.15, 0.2) is 21.9 Å². The number of aromatic nitrogens is 1. The molecule has 0 aromatic carbocycles. The number of rotatable bonds is 5. The Balaban J connectivity index is 2.03. The van der Waals surface area contributed by atoms with Crippen LogP contribution in [0.2, 0.25) is 0 Å². The van der Waals surface area contributed by atoms with Crippen molar-refractivity contribution in [2.24, 2.45) is 4.99 Å². The van der Waals surface area contributed by atoms with Crippen molar-refractivity contribution in [2.45, 2.75) is 25.8 Å². The molecule has 1 aliphatic rings. The van der Waals surface area contributed by atoms with Crippen molar-refractivity contribution < 1.29 is 9.47 Å². The second kappa shape index (κ2) is 5.96. The third kappa shape index (κ3) is 3.19. The van der Waals surface area contributed by atoms with Crippen LogP contribution in [0.4, 0.5) is 5.82 Å². The van der Waals surface area contributed by atoms with Gasteiger partial charge in [-0.1, -0.05) is 0 Å². The second-order valence-electron chi connectivity index (χ2n) is 4.33. The Morgan fingerprint density at radius 1 is 1.42 bits per heavy atom. The zero-order chi connectivity index (χ0) is 13.8. The molecule has 1 unspecified atom stereocenters. The number of nitrogens with zero attached hydrogens (tertiary/aromatic N) is 2. The molecule has 0 bridgehead atoms. The lowest BCUT2D eigenvalue weighted by molar-refractivity contribution is -0.126. The van der Waals surface area contributed by atoms with E-state index in [1.165, 1.54) is 6.07 Å². The molecule has 7 heteroatoms. The van der Waals surface area contributed by atoms with Gasteiger partial charge in [0.25, 0.3) is 0 Å². The van der Waals surface area contributed by atoms with Crippen LogP contribution in [0, 0.1) is 0 Å². The number of methoxy groups -OCH3 is 2. The average Bonchev–Trinajstić information content (AvgIpc) is 2.40. The van der Waals surface area contributed by atoms with E-state index >= 15 is 0 Å². The van der Waals surface area contributed by atoms with E-state index < -0.39 is 0 Å². The molecule has 19 heavy (non-hydrogen) atoms. The molecular formula is C12H18N4O3. The first-order valence-corrected chi connectivity index (χ1v) is 5.99. The van der Waals surface area contributed by atoms with Crippen molar-refractivity contribution in [1.82, 2.24) is 15.4 Å². The van der Waals surface area contributed by atoms with Gasteiger partial charge in [-0.3, -0.25) is 9.80 Å². The number of aromatic amines is 1. The molecule has 104 valence electrons. The van der Waals surface area contributed by atoms with Crippen molar-refractivity contribution in [2.75, 3.05) is 14.2 Å². The average molecular weight is 266 g/mol. The van der Waals surface area contributed by atoms with Gasteiger partial charge in [0.2, 0.25) is 5.56 Å². The minimum Gasteiger partial charge on any atom is -0.354 e. The highest BCUT2D eigenvalue weighted by Crippen LogP contribution is 2.18. The fourth-order valence-corrected chi connectivity index (χ4v) is 1.99. The van der Waals surface area contributed by atoms with Crippen LogP contribution in [0.5, 0.6) is 0 Å². The van der Waals surface area contributed by atoms with Crippen LogP contribution in [-0.2, 0) is 16.0 Å². The van der Waals surface area contributed by atoms with Gasteiger partial charge in [-0.05, 0) is 13.0 Å². The number of ether oxygens (including phenoxy) is 2. The van der Waals surface area contributed by atoms with E-state index in [4.69, 9.17) is 9.47 Å². The Kier molecular flexibility index (Phi) is 4.31. The summed E-state index contributed by atoms with van der Waals surface area (Å²) in [5.41, 5.74) is 4.02. The number of fused-ring (bicyclic) bond motifs is 1. The third-order valence-corrected chi connectivity index (χ3v) is 2.89. The smallest absolute Gasteiger partial charge is 0.249 e. The van der Waals surface area contributed by atoms with Crippen LogP contribution in [0.1, 0.15) is 12.5 Å². The van der Waals surface area contributed by atoms with Gasteiger partial charge in [0.1, 0.15) is 12.2 Å². The van der Waals surface area contributed by atoms with Gasteiger partial charge in [-0.2, -0.15) is 0 Å². The quantitative estimate of drug-likeness (QED) is 0.752.